The van der Waals surface area contributed by atoms with Crippen molar-refractivity contribution >= 4 is 6.08 Å². The van der Waals surface area contributed by atoms with Gasteiger partial charge in [0.2, 0.25) is 0 Å². The molecule has 0 saturated carbocycles. The largest absolute Gasteiger partial charge is 0.0758 e. The van der Waals surface area contributed by atoms with Crippen molar-refractivity contribution in [1.29, 1.82) is 0 Å². The van der Waals surface area contributed by atoms with Crippen LogP contribution in [0.15, 0.2) is 23.8 Å². The second kappa shape index (κ2) is 4.45. The molecule has 0 aromatic heterocycles. The van der Waals surface area contributed by atoms with Gasteiger partial charge in [-0.25, -0.2) is 0 Å². The van der Waals surface area contributed by atoms with Crippen molar-refractivity contribution in [2.24, 2.45) is 0 Å². The zero-order chi connectivity index (χ0) is 10.7. The Labute approximate surface area is 87.7 Å². The maximum absolute atomic E-state index is 2.30. The Bertz CT molecular complexity index is 339. The third-order valence-corrected chi connectivity index (χ3v) is 2.41. The normalized spacial score (nSPS) is 10.4. The molecule has 0 aliphatic carbocycles. The summed E-state index contributed by atoms with van der Waals surface area (Å²) >= 11 is 0. The first kappa shape index (κ1) is 11.0. The summed E-state index contributed by atoms with van der Waals surface area (Å²) in [6, 6.07) is 6.74. The van der Waals surface area contributed by atoms with Crippen molar-refractivity contribution in [2.75, 3.05) is 0 Å². The predicted molar refractivity (Wildman–Crippen MR) is 64.6 cm³/mol. The molecule has 0 heteroatoms. The third-order valence-electron chi connectivity index (χ3n) is 2.41. The lowest BCUT2D eigenvalue weighted by molar-refractivity contribution is 0.865. The first-order chi connectivity index (χ1) is 6.50. The number of hydrogen-bond donors (Lipinski definition) is 0. The van der Waals surface area contributed by atoms with Crippen molar-refractivity contribution in [3.8, 4) is 0 Å². The van der Waals surface area contributed by atoms with Crippen molar-refractivity contribution in [2.45, 2.75) is 40.5 Å². The van der Waals surface area contributed by atoms with Crippen LogP contribution < -0.4 is 0 Å². The van der Waals surface area contributed by atoms with Crippen LogP contribution in [0.4, 0.5) is 0 Å². The number of aryl methyl sites for hydroxylation is 1. The van der Waals surface area contributed by atoms with Crippen LogP contribution in [-0.4, -0.2) is 0 Å². The fourth-order valence-electron chi connectivity index (χ4n) is 1.48. The molecule has 0 heterocycles. The van der Waals surface area contributed by atoms with Crippen LogP contribution >= 0.6 is 0 Å². The van der Waals surface area contributed by atoms with E-state index in [1.807, 2.05) is 0 Å². The lowest BCUT2D eigenvalue weighted by atomic mass is 9.97. The van der Waals surface area contributed by atoms with E-state index in [0.717, 1.165) is 0 Å². The molecule has 0 aliphatic rings. The second-order valence-corrected chi connectivity index (χ2v) is 4.49. The van der Waals surface area contributed by atoms with E-state index < -0.39 is 0 Å². The molecule has 0 saturated heterocycles. The molecule has 0 bridgehead atoms. The summed E-state index contributed by atoms with van der Waals surface area (Å²) < 4.78 is 0. The van der Waals surface area contributed by atoms with E-state index in [-0.39, 0.29) is 0 Å². The Morgan fingerprint density at radius 2 is 1.86 bits per heavy atom. The summed E-state index contributed by atoms with van der Waals surface area (Å²) in [4.78, 5) is 0. The standard InChI is InChI=1S/C14H20/c1-10(2)8-14-9-13(11(3)4)7-6-12(14)5/h6-9,11H,1-5H3. The van der Waals surface area contributed by atoms with Gasteiger partial charge in [0.05, 0.1) is 0 Å². The molecule has 0 unspecified atom stereocenters. The van der Waals surface area contributed by atoms with Crippen molar-refractivity contribution in [1.82, 2.24) is 0 Å². The summed E-state index contributed by atoms with van der Waals surface area (Å²) in [5.41, 5.74) is 5.49. The molecule has 0 aliphatic heterocycles. The smallest absolute Gasteiger partial charge is 0.0219 e. The van der Waals surface area contributed by atoms with Crippen LogP contribution in [0.5, 0.6) is 0 Å². The Balaban J connectivity index is 3.15. The number of rotatable bonds is 2. The number of allylic oxidation sites excluding steroid dienone is 1. The van der Waals surface area contributed by atoms with Crippen LogP contribution in [0, 0.1) is 6.92 Å². The van der Waals surface area contributed by atoms with E-state index in [2.05, 4.69) is 58.9 Å². The van der Waals surface area contributed by atoms with Crippen molar-refractivity contribution < 1.29 is 0 Å². The maximum Gasteiger partial charge on any atom is -0.0219 e. The fraction of sp³-hybridized carbons (Fsp3) is 0.429. The summed E-state index contributed by atoms with van der Waals surface area (Å²) in [5.74, 6) is 0.611. The van der Waals surface area contributed by atoms with E-state index in [0.29, 0.717) is 5.92 Å². The van der Waals surface area contributed by atoms with Gasteiger partial charge in [-0.3, -0.25) is 0 Å². The van der Waals surface area contributed by atoms with Gasteiger partial charge in [-0.05, 0) is 43.4 Å². The van der Waals surface area contributed by atoms with E-state index in [9.17, 15) is 0 Å². The molecule has 0 amide bonds. The number of hydrogen-bond acceptors (Lipinski definition) is 0. The van der Waals surface area contributed by atoms with Gasteiger partial charge < -0.3 is 0 Å². The van der Waals surface area contributed by atoms with Gasteiger partial charge in [0.1, 0.15) is 0 Å². The molecule has 0 radical (unpaired) electrons. The number of benzene rings is 1. The van der Waals surface area contributed by atoms with Gasteiger partial charge in [0, 0.05) is 0 Å². The highest BCUT2D eigenvalue weighted by atomic mass is 14.1. The average Bonchev–Trinajstić information content (AvgIpc) is 2.07. The molecule has 0 N–H and O–H groups in total. The minimum atomic E-state index is 0.611. The molecule has 1 aromatic carbocycles. The topological polar surface area (TPSA) is 0 Å². The monoisotopic (exact) mass is 188 g/mol. The molecule has 0 atom stereocenters. The zero-order valence-corrected chi connectivity index (χ0v) is 9.89. The van der Waals surface area contributed by atoms with E-state index in [1.165, 1.54) is 22.3 Å². The first-order valence-corrected chi connectivity index (χ1v) is 5.26. The molecular weight excluding hydrogens is 168 g/mol. The third kappa shape index (κ3) is 2.73. The predicted octanol–water partition coefficient (Wildman–Crippen LogP) is 4.54. The molecule has 1 rings (SSSR count). The molecule has 14 heavy (non-hydrogen) atoms. The molecule has 0 spiro atoms. The Hall–Kier alpha value is -1.04. The average molecular weight is 188 g/mol. The zero-order valence-electron chi connectivity index (χ0n) is 9.89. The molecule has 76 valence electrons. The van der Waals surface area contributed by atoms with Crippen molar-refractivity contribution in [3.05, 3.63) is 40.5 Å². The first-order valence-electron chi connectivity index (χ1n) is 5.26. The van der Waals surface area contributed by atoms with Gasteiger partial charge in [-0.1, -0.05) is 43.7 Å². The minimum Gasteiger partial charge on any atom is -0.0758 e. The molecular formula is C14H20. The molecule has 0 fully saturated rings. The lowest BCUT2D eigenvalue weighted by Gasteiger charge is -2.09. The Morgan fingerprint density at radius 3 is 2.36 bits per heavy atom. The fourth-order valence-corrected chi connectivity index (χ4v) is 1.48. The maximum atomic E-state index is 2.30. The van der Waals surface area contributed by atoms with E-state index in [1.54, 1.807) is 0 Å². The van der Waals surface area contributed by atoms with Crippen LogP contribution in [0.1, 0.15) is 50.3 Å². The van der Waals surface area contributed by atoms with Gasteiger partial charge >= 0.3 is 0 Å². The van der Waals surface area contributed by atoms with Gasteiger partial charge in [-0.2, -0.15) is 0 Å². The quantitative estimate of drug-likeness (QED) is 0.639. The van der Waals surface area contributed by atoms with Crippen LogP contribution in [0.3, 0.4) is 0 Å². The van der Waals surface area contributed by atoms with E-state index >= 15 is 0 Å². The van der Waals surface area contributed by atoms with Crippen LogP contribution in [-0.2, 0) is 0 Å². The second-order valence-electron chi connectivity index (χ2n) is 4.49. The van der Waals surface area contributed by atoms with Crippen LogP contribution in [0.25, 0.3) is 6.08 Å². The SMILES string of the molecule is CC(C)=Cc1cc(C(C)C)ccc1C. The Kier molecular flexibility index (Phi) is 3.51. The summed E-state index contributed by atoms with van der Waals surface area (Å²) in [6.45, 7) is 10.9. The van der Waals surface area contributed by atoms with Gasteiger partial charge in [-0.15, -0.1) is 0 Å². The Morgan fingerprint density at radius 1 is 1.21 bits per heavy atom. The van der Waals surface area contributed by atoms with Gasteiger partial charge in [0.25, 0.3) is 0 Å². The van der Waals surface area contributed by atoms with Crippen LogP contribution in [0.2, 0.25) is 0 Å². The molecule has 1 aromatic rings. The highest BCUT2D eigenvalue weighted by Gasteiger charge is 2.01. The molecule has 0 nitrogen and oxygen atoms in total. The lowest BCUT2D eigenvalue weighted by Crippen LogP contribution is -1.90. The highest BCUT2D eigenvalue weighted by Crippen LogP contribution is 2.20. The minimum absolute atomic E-state index is 0.611. The van der Waals surface area contributed by atoms with Crippen molar-refractivity contribution in [3.63, 3.8) is 0 Å². The summed E-state index contributed by atoms with van der Waals surface area (Å²) in [5, 5.41) is 0. The highest BCUT2D eigenvalue weighted by molar-refractivity contribution is 5.57. The summed E-state index contributed by atoms with van der Waals surface area (Å²) in [6.07, 6.45) is 2.25. The summed E-state index contributed by atoms with van der Waals surface area (Å²) in [7, 11) is 0. The van der Waals surface area contributed by atoms with Gasteiger partial charge in [0.15, 0.2) is 0 Å². The van der Waals surface area contributed by atoms with E-state index in [4.69, 9.17) is 0 Å².